The van der Waals surface area contributed by atoms with E-state index in [1.165, 1.54) is 0 Å². The van der Waals surface area contributed by atoms with Crippen LogP contribution in [0.25, 0.3) is 11.4 Å². The number of likely N-dealkylation sites (tertiary alicyclic amines) is 1. The molecule has 0 aromatic carbocycles. The third-order valence-electron chi connectivity index (χ3n) is 4.14. The predicted molar refractivity (Wildman–Crippen MR) is 91.8 cm³/mol. The number of amides is 1. The van der Waals surface area contributed by atoms with Crippen molar-refractivity contribution in [2.45, 2.75) is 45.6 Å². The minimum atomic E-state index is -0.457. The molecule has 0 atom stereocenters. The smallest absolute Gasteiger partial charge is 0.410 e. The van der Waals surface area contributed by atoms with Crippen LogP contribution in [0.15, 0.2) is 29.0 Å². The van der Waals surface area contributed by atoms with E-state index in [0.29, 0.717) is 30.7 Å². The number of hydrogen-bond acceptors (Lipinski definition) is 6. The highest BCUT2D eigenvalue weighted by Gasteiger charge is 2.27. The van der Waals surface area contributed by atoms with Gasteiger partial charge in [-0.05, 0) is 51.7 Å². The van der Waals surface area contributed by atoms with Gasteiger partial charge in [-0.2, -0.15) is 4.98 Å². The molecule has 0 saturated carbocycles. The quantitative estimate of drug-likeness (QED) is 0.849. The van der Waals surface area contributed by atoms with Crippen LogP contribution in [0.5, 0.6) is 0 Å². The zero-order chi connectivity index (χ0) is 17.9. The van der Waals surface area contributed by atoms with Gasteiger partial charge >= 0.3 is 6.09 Å². The molecule has 3 rings (SSSR count). The lowest BCUT2D eigenvalue weighted by Crippen LogP contribution is -2.42. The van der Waals surface area contributed by atoms with E-state index >= 15 is 0 Å². The van der Waals surface area contributed by atoms with Crippen molar-refractivity contribution in [3.63, 3.8) is 0 Å². The lowest BCUT2D eigenvalue weighted by atomic mass is 9.94. The van der Waals surface area contributed by atoms with E-state index in [1.54, 1.807) is 17.3 Å². The molecular weight excluding hydrogens is 320 g/mol. The number of pyridine rings is 1. The van der Waals surface area contributed by atoms with E-state index in [2.05, 4.69) is 15.1 Å². The second-order valence-corrected chi connectivity index (χ2v) is 7.36. The molecule has 1 aliphatic heterocycles. The molecule has 0 unspecified atom stereocenters. The van der Waals surface area contributed by atoms with Crippen molar-refractivity contribution in [3.8, 4) is 11.4 Å². The highest BCUT2D eigenvalue weighted by Crippen LogP contribution is 2.23. The van der Waals surface area contributed by atoms with Gasteiger partial charge in [0.2, 0.25) is 11.7 Å². The standard InChI is InChI=1S/C18H24N4O3/c1-18(2,3)24-17(23)22-10-6-13(7-11-22)12-15-20-16(21-25-15)14-4-8-19-9-5-14/h4-5,8-9,13H,6-7,10-12H2,1-3H3. The first kappa shape index (κ1) is 17.4. The first-order chi connectivity index (χ1) is 11.9. The molecule has 0 N–H and O–H groups in total. The number of rotatable bonds is 3. The summed E-state index contributed by atoms with van der Waals surface area (Å²) < 4.78 is 10.8. The highest BCUT2D eigenvalue weighted by atomic mass is 16.6. The molecule has 2 aromatic rings. The maximum atomic E-state index is 12.1. The second-order valence-electron chi connectivity index (χ2n) is 7.36. The average Bonchev–Trinajstić information content (AvgIpc) is 3.03. The average molecular weight is 344 g/mol. The van der Waals surface area contributed by atoms with Gasteiger partial charge in [-0.3, -0.25) is 4.98 Å². The van der Waals surface area contributed by atoms with E-state index in [1.807, 2.05) is 32.9 Å². The van der Waals surface area contributed by atoms with Crippen molar-refractivity contribution in [1.29, 1.82) is 0 Å². The molecule has 1 amide bonds. The van der Waals surface area contributed by atoms with Crippen molar-refractivity contribution >= 4 is 6.09 Å². The summed E-state index contributed by atoms with van der Waals surface area (Å²) in [5, 5.41) is 4.04. The number of piperidine rings is 1. The van der Waals surface area contributed by atoms with Crippen molar-refractivity contribution < 1.29 is 14.1 Å². The number of ether oxygens (including phenoxy) is 1. The summed E-state index contributed by atoms with van der Waals surface area (Å²) in [6.45, 7) is 7.05. The molecule has 1 saturated heterocycles. The molecule has 0 spiro atoms. The third kappa shape index (κ3) is 4.78. The molecular formula is C18H24N4O3. The fourth-order valence-electron chi connectivity index (χ4n) is 2.85. The van der Waals surface area contributed by atoms with E-state index < -0.39 is 5.60 Å². The van der Waals surface area contributed by atoms with Gasteiger partial charge in [0.05, 0.1) is 0 Å². The fourth-order valence-corrected chi connectivity index (χ4v) is 2.85. The lowest BCUT2D eigenvalue weighted by Gasteiger charge is -2.33. The Balaban J connectivity index is 1.51. The molecule has 25 heavy (non-hydrogen) atoms. The van der Waals surface area contributed by atoms with Crippen LogP contribution in [0.3, 0.4) is 0 Å². The minimum Gasteiger partial charge on any atom is -0.444 e. The third-order valence-corrected chi connectivity index (χ3v) is 4.14. The Morgan fingerprint density at radius 2 is 1.96 bits per heavy atom. The lowest BCUT2D eigenvalue weighted by molar-refractivity contribution is 0.0182. The first-order valence-electron chi connectivity index (χ1n) is 8.61. The van der Waals surface area contributed by atoms with Crippen LogP contribution in [0, 0.1) is 5.92 Å². The number of carbonyl (C=O) groups is 1. The number of hydrogen-bond donors (Lipinski definition) is 0. The summed E-state index contributed by atoms with van der Waals surface area (Å²) in [4.78, 5) is 22.3. The van der Waals surface area contributed by atoms with Gasteiger partial charge < -0.3 is 14.2 Å². The zero-order valence-corrected chi connectivity index (χ0v) is 14.9. The Morgan fingerprint density at radius 3 is 2.60 bits per heavy atom. The van der Waals surface area contributed by atoms with Crippen LogP contribution in [-0.4, -0.2) is 44.8 Å². The van der Waals surface area contributed by atoms with Crippen LogP contribution < -0.4 is 0 Å². The number of carbonyl (C=O) groups excluding carboxylic acids is 1. The summed E-state index contributed by atoms with van der Waals surface area (Å²) >= 11 is 0. The van der Waals surface area contributed by atoms with E-state index in [-0.39, 0.29) is 6.09 Å². The predicted octanol–water partition coefficient (Wildman–Crippen LogP) is 3.32. The van der Waals surface area contributed by atoms with Crippen molar-refractivity contribution in [2.24, 2.45) is 5.92 Å². The Labute approximate surface area is 147 Å². The van der Waals surface area contributed by atoms with Gasteiger partial charge in [-0.25, -0.2) is 4.79 Å². The Morgan fingerprint density at radius 1 is 1.28 bits per heavy atom. The first-order valence-corrected chi connectivity index (χ1v) is 8.61. The van der Waals surface area contributed by atoms with E-state index in [9.17, 15) is 4.79 Å². The summed E-state index contributed by atoms with van der Waals surface area (Å²) in [7, 11) is 0. The van der Waals surface area contributed by atoms with Crippen molar-refractivity contribution in [2.75, 3.05) is 13.1 Å². The van der Waals surface area contributed by atoms with Crippen LogP contribution in [-0.2, 0) is 11.2 Å². The molecule has 2 aromatic heterocycles. The van der Waals surface area contributed by atoms with Crippen molar-refractivity contribution in [1.82, 2.24) is 20.0 Å². The Hall–Kier alpha value is -2.44. The summed E-state index contributed by atoms with van der Waals surface area (Å²) in [6.07, 6.45) is 5.73. The van der Waals surface area contributed by atoms with Crippen LogP contribution in [0.4, 0.5) is 4.79 Å². The summed E-state index contributed by atoms with van der Waals surface area (Å²) in [5.74, 6) is 1.66. The molecule has 0 bridgehead atoms. The maximum absolute atomic E-state index is 12.1. The Bertz CT molecular complexity index is 701. The molecule has 1 aliphatic rings. The highest BCUT2D eigenvalue weighted by molar-refractivity contribution is 5.68. The van der Waals surface area contributed by atoms with Gasteiger partial charge in [-0.1, -0.05) is 5.16 Å². The van der Waals surface area contributed by atoms with Gasteiger partial charge in [0.1, 0.15) is 5.60 Å². The van der Waals surface area contributed by atoms with E-state index in [0.717, 1.165) is 24.8 Å². The summed E-state index contributed by atoms with van der Waals surface area (Å²) in [6, 6.07) is 3.71. The van der Waals surface area contributed by atoms with Gasteiger partial charge in [0, 0.05) is 37.5 Å². The number of aromatic nitrogens is 3. The van der Waals surface area contributed by atoms with Crippen LogP contribution in [0.1, 0.15) is 39.5 Å². The van der Waals surface area contributed by atoms with Crippen LogP contribution in [0.2, 0.25) is 0 Å². The van der Waals surface area contributed by atoms with Gasteiger partial charge in [0.25, 0.3) is 0 Å². The SMILES string of the molecule is CC(C)(C)OC(=O)N1CCC(Cc2nc(-c3ccncc3)no2)CC1. The largest absolute Gasteiger partial charge is 0.444 e. The van der Waals surface area contributed by atoms with Gasteiger partial charge in [-0.15, -0.1) is 0 Å². The maximum Gasteiger partial charge on any atom is 0.410 e. The van der Waals surface area contributed by atoms with Crippen molar-refractivity contribution in [3.05, 3.63) is 30.4 Å². The summed E-state index contributed by atoms with van der Waals surface area (Å²) in [5.41, 5.74) is 0.436. The van der Waals surface area contributed by atoms with Crippen LogP contribution >= 0.6 is 0 Å². The molecule has 0 radical (unpaired) electrons. The number of nitrogens with zero attached hydrogens (tertiary/aromatic N) is 4. The molecule has 7 heteroatoms. The monoisotopic (exact) mass is 344 g/mol. The Kier molecular flexibility index (Phi) is 5.01. The topological polar surface area (TPSA) is 81.4 Å². The molecule has 0 aliphatic carbocycles. The zero-order valence-electron chi connectivity index (χ0n) is 14.9. The molecule has 3 heterocycles. The van der Waals surface area contributed by atoms with Gasteiger partial charge in [0.15, 0.2) is 0 Å². The molecule has 7 nitrogen and oxygen atoms in total. The second kappa shape index (κ2) is 7.21. The molecule has 134 valence electrons. The molecule has 1 fully saturated rings. The fraction of sp³-hybridized carbons (Fsp3) is 0.556. The van der Waals surface area contributed by atoms with E-state index in [4.69, 9.17) is 9.26 Å². The minimum absolute atomic E-state index is 0.233. The normalized spacial score (nSPS) is 16.0.